The predicted molar refractivity (Wildman–Crippen MR) is 151 cm³/mol. The number of carbonyl (C=O) groups excluding carboxylic acids is 1. The molecule has 4 rings (SSSR count). The van der Waals surface area contributed by atoms with Crippen molar-refractivity contribution in [3.8, 4) is 11.3 Å². The summed E-state index contributed by atoms with van der Waals surface area (Å²) in [6.45, 7) is 13.3. The highest BCUT2D eigenvalue weighted by Gasteiger charge is 2.21. The molecule has 2 aromatic heterocycles. The number of nitrogens with one attached hydrogen (secondary N) is 1. The van der Waals surface area contributed by atoms with Crippen molar-refractivity contribution in [2.45, 2.75) is 53.2 Å². The summed E-state index contributed by atoms with van der Waals surface area (Å²) in [6, 6.07) is 7.79. The van der Waals surface area contributed by atoms with Gasteiger partial charge < -0.3 is 10.1 Å². The van der Waals surface area contributed by atoms with E-state index in [0.717, 1.165) is 33.8 Å². The molecule has 2 heterocycles. The molecule has 0 aliphatic carbocycles. The van der Waals surface area contributed by atoms with Crippen molar-refractivity contribution in [1.82, 2.24) is 19.6 Å². The maximum atomic E-state index is 13.5. The van der Waals surface area contributed by atoms with Gasteiger partial charge in [-0.05, 0) is 55.6 Å². The SMILES string of the molecule is Cc1cc2c(cc1C(=O)Nc1c(C)cc([N+](=O)[O-])cc1C)c(-c1cnn(C)c1)nn2COCC[Si](C)(C)C. The van der Waals surface area contributed by atoms with E-state index in [9.17, 15) is 14.9 Å². The van der Waals surface area contributed by atoms with Crippen LogP contribution in [-0.4, -0.2) is 45.1 Å². The number of hydrogen-bond donors (Lipinski definition) is 1. The number of anilines is 1. The van der Waals surface area contributed by atoms with Crippen LogP contribution in [-0.2, 0) is 18.5 Å². The van der Waals surface area contributed by atoms with E-state index in [1.165, 1.54) is 12.1 Å². The van der Waals surface area contributed by atoms with Gasteiger partial charge in [0.15, 0.2) is 0 Å². The molecule has 0 fully saturated rings. The van der Waals surface area contributed by atoms with Crippen LogP contribution in [0.4, 0.5) is 11.4 Å². The molecule has 0 radical (unpaired) electrons. The number of benzene rings is 2. The molecule has 200 valence electrons. The molecule has 1 amide bonds. The number of nitrogens with zero attached hydrogens (tertiary/aromatic N) is 5. The summed E-state index contributed by atoms with van der Waals surface area (Å²) in [6.07, 6.45) is 3.64. The van der Waals surface area contributed by atoms with Crippen LogP contribution in [0.25, 0.3) is 22.2 Å². The first-order chi connectivity index (χ1) is 17.8. The molecule has 0 atom stereocenters. The van der Waals surface area contributed by atoms with E-state index in [-0.39, 0.29) is 11.6 Å². The van der Waals surface area contributed by atoms with Gasteiger partial charge in [-0.3, -0.25) is 19.6 Å². The Morgan fingerprint density at radius 2 is 1.79 bits per heavy atom. The standard InChI is InChI=1S/C27H34N6O4Si/c1-17-12-24-23(13-22(17)27(34)29-25-18(2)10-21(33(35)36)11-19(25)3)26(20-14-28-31(4)15-20)30-32(24)16-37-8-9-38(5,6)7/h10-15H,8-9,16H2,1-7H3,(H,29,34). The van der Waals surface area contributed by atoms with Gasteiger partial charge in [0.2, 0.25) is 0 Å². The van der Waals surface area contributed by atoms with Gasteiger partial charge in [0.25, 0.3) is 11.6 Å². The van der Waals surface area contributed by atoms with Crippen LogP contribution in [0.5, 0.6) is 0 Å². The number of carbonyl (C=O) groups is 1. The zero-order chi connectivity index (χ0) is 27.8. The molecular weight excluding hydrogens is 500 g/mol. The van der Waals surface area contributed by atoms with Crippen LogP contribution in [0.1, 0.15) is 27.0 Å². The third-order valence-corrected chi connectivity index (χ3v) is 8.20. The first-order valence-electron chi connectivity index (χ1n) is 12.5. The predicted octanol–water partition coefficient (Wildman–Crippen LogP) is 5.83. The van der Waals surface area contributed by atoms with Crippen molar-refractivity contribution in [3.63, 3.8) is 0 Å². The zero-order valence-electron chi connectivity index (χ0n) is 23.0. The summed E-state index contributed by atoms with van der Waals surface area (Å²) in [5, 5.41) is 24.1. The first kappa shape index (κ1) is 27.2. The Balaban J connectivity index is 1.71. The molecule has 4 aromatic rings. The van der Waals surface area contributed by atoms with Crippen molar-refractivity contribution >= 4 is 36.3 Å². The zero-order valence-corrected chi connectivity index (χ0v) is 24.0. The lowest BCUT2D eigenvalue weighted by Crippen LogP contribution is -2.22. The number of hydrogen-bond acceptors (Lipinski definition) is 6. The smallest absolute Gasteiger partial charge is 0.270 e. The number of aromatic nitrogens is 4. The van der Waals surface area contributed by atoms with E-state index in [4.69, 9.17) is 9.84 Å². The monoisotopic (exact) mass is 534 g/mol. The molecule has 1 N–H and O–H groups in total. The lowest BCUT2D eigenvalue weighted by Gasteiger charge is -2.15. The van der Waals surface area contributed by atoms with Crippen LogP contribution in [0.3, 0.4) is 0 Å². The van der Waals surface area contributed by atoms with E-state index in [0.29, 0.717) is 35.7 Å². The van der Waals surface area contributed by atoms with Crippen LogP contribution < -0.4 is 5.32 Å². The van der Waals surface area contributed by atoms with Crippen LogP contribution in [0, 0.1) is 30.9 Å². The second-order valence-corrected chi connectivity index (χ2v) is 16.6. The highest BCUT2D eigenvalue weighted by Crippen LogP contribution is 2.32. The summed E-state index contributed by atoms with van der Waals surface area (Å²) < 4.78 is 9.54. The van der Waals surface area contributed by atoms with E-state index in [1.54, 1.807) is 24.7 Å². The molecule has 0 aliphatic rings. The number of amides is 1. The number of nitro groups is 1. The van der Waals surface area contributed by atoms with Gasteiger partial charge in [-0.25, -0.2) is 4.68 Å². The Hall–Kier alpha value is -3.83. The summed E-state index contributed by atoms with van der Waals surface area (Å²) in [7, 11) is 0.632. The fraction of sp³-hybridized carbons (Fsp3) is 0.370. The summed E-state index contributed by atoms with van der Waals surface area (Å²) in [5.41, 5.74) is 5.54. The molecular formula is C27H34N6O4Si. The van der Waals surface area contributed by atoms with E-state index in [1.807, 2.05) is 37.0 Å². The van der Waals surface area contributed by atoms with Gasteiger partial charge in [0.05, 0.1) is 16.6 Å². The summed E-state index contributed by atoms with van der Waals surface area (Å²) in [5.74, 6) is -0.291. The molecule has 10 nitrogen and oxygen atoms in total. The quantitative estimate of drug-likeness (QED) is 0.125. The third-order valence-electron chi connectivity index (χ3n) is 6.50. The van der Waals surface area contributed by atoms with E-state index < -0.39 is 13.0 Å². The Morgan fingerprint density at radius 1 is 1.11 bits per heavy atom. The lowest BCUT2D eigenvalue weighted by molar-refractivity contribution is -0.384. The van der Waals surface area contributed by atoms with Gasteiger partial charge in [0, 0.05) is 62.3 Å². The van der Waals surface area contributed by atoms with Gasteiger partial charge in [-0.15, -0.1) is 0 Å². The average molecular weight is 535 g/mol. The van der Waals surface area contributed by atoms with Gasteiger partial charge in [-0.2, -0.15) is 10.2 Å². The van der Waals surface area contributed by atoms with Crippen molar-refractivity contribution in [1.29, 1.82) is 0 Å². The van der Waals surface area contributed by atoms with E-state index in [2.05, 4.69) is 30.1 Å². The highest BCUT2D eigenvalue weighted by atomic mass is 28.3. The van der Waals surface area contributed by atoms with Crippen molar-refractivity contribution in [2.75, 3.05) is 11.9 Å². The maximum Gasteiger partial charge on any atom is 0.270 e. The van der Waals surface area contributed by atoms with Crippen LogP contribution in [0.15, 0.2) is 36.7 Å². The van der Waals surface area contributed by atoms with Gasteiger partial charge in [-0.1, -0.05) is 19.6 Å². The number of aryl methyl sites for hydroxylation is 4. The largest absolute Gasteiger partial charge is 0.360 e. The lowest BCUT2D eigenvalue weighted by atomic mass is 10.0. The van der Waals surface area contributed by atoms with E-state index >= 15 is 0 Å². The molecule has 38 heavy (non-hydrogen) atoms. The minimum Gasteiger partial charge on any atom is -0.360 e. The van der Waals surface area contributed by atoms with Gasteiger partial charge in [0.1, 0.15) is 12.4 Å². The topological polar surface area (TPSA) is 117 Å². The first-order valence-corrected chi connectivity index (χ1v) is 16.2. The summed E-state index contributed by atoms with van der Waals surface area (Å²) in [4.78, 5) is 24.2. The molecule has 11 heteroatoms. The van der Waals surface area contributed by atoms with Crippen molar-refractivity contribution in [2.24, 2.45) is 7.05 Å². The molecule has 0 unspecified atom stereocenters. The Morgan fingerprint density at radius 3 is 2.37 bits per heavy atom. The van der Waals surface area contributed by atoms with Crippen LogP contribution >= 0.6 is 0 Å². The van der Waals surface area contributed by atoms with Crippen molar-refractivity contribution < 1.29 is 14.5 Å². The minimum absolute atomic E-state index is 0.00353. The van der Waals surface area contributed by atoms with Crippen LogP contribution in [0.2, 0.25) is 25.7 Å². The molecule has 0 bridgehead atoms. The minimum atomic E-state index is -1.22. The highest BCUT2D eigenvalue weighted by molar-refractivity contribution is 6.76. The fourth-order valence-electron chi connectivity index (χ4n) is 4.38. The Kier molecular flexibility index (Phi) is 7.52. The Bertz CT molecular complexity index is 1510. The van der Waals surface area contributed by atoms with Crippen molar-refractivity contribution in [3.05, 3.63) is 69.0 Å². The van der Waals surface area contributed by atoms with Gasteiger partial charge >= 0.3 is 0 Å². The maximum absolute atomic E-state index is 13.5. The molecule has 0 saturated heterocycles. The Labute approximate surface area is 222 Å². The second kappa shape index (κ2) is 10.5. The third kappa shape index (κ3) is 5.84. The number of rotatable bonds is 9. The fourth-order valence-corrected chi connectivity index (χ4v) is 5.13. The molecule has 2 aromatic carbocycles. The molecule has 0 spiro atoms. The average Bonchev–Trinajstić information content (AvgIpc) is 3.40. The summed E-state index contributed by atoms with van der Waals surface area (Å²) >= 11 is 0. The number of fused-ring (bicyclic) bond motifs is 1. The number of ether oxygens (including phenoxy) is 1. The molecule has 0 aliphatic heterocycles. The number of non-ortho nitro benzene ring substituents is 1. The molecule has 0 saturated carbocycles. The normalized spacial score (nSPS) is 11.8. The number of nitro benzene ring substituents is 1. The second-order valence-electron chi connectivity index (χ2n) is 10.9.